The summed E-state index contributed by atoms with van der Waals surface area (Å²) >= 11 is 0. The number of methoxy groups -OCH3 is 1. The lowest BCUT2D eigenvalue weighted by Crippen LogP contribution is -2.41. The molecule has 0 N–H and O–H groups in total. The summed E-state index contributed by atoms with van der Waals surface area (Å²) in [4.78, 5) is 37.5. The molecule has 0 aromatic heterocycles. The Morgan fingerprint density at radius 3 is 2.52 bits per heavy atom. The van der Waals surface area contributed by atoms with E-state index in [4.69, 9.17) is 9.47 Å². The van der Waals surface area contributed by atoms with E-state index >= 15 is 0 Å². The van der Waals surface area contributed by atoms with Crippen LogP contribution in [-0.2, 0) is 25.5 Å². The summed E-state index contributed by atoms with van der Waals surface area (Å²) in [6.45, 7) is 4.10. The van der Waals surface area contributed by atoms with Crippen LogP contribution in [-0.4, -0.2) is 42.6 Å². The van der Waals surface area contributed by atoms with Gasteiger partial charge in [-0.25, -0.2) is 9.69 Å². The molecule has 1 aliphatic heterocycles. The summed E-state index contributed by atoms with van der Waals surface area (Å²) in [6.07, 6.45) is 0.229. The van der Waals surface area contributed by atoms with Gasteiger partial charge in [-0.1, -0.05) is 44.2 Å². The van der Waals surface area contributed by atoms with Crippen LogP contribution >= 0.6 is 0 Å². The average molecular weight is 347 g/mol. The summed E-state index contributed by atoms with van der Waals surface area (Å²) in [5.74, 6) is -0.706. The number of carbonyl (C=O) groups excluding carboxylic acids is 3. The first-order chi connectivity index (χ1) is 11.9. The van der Waals surface area contributed by atoms with Crippen LogP contribution in [0.2, 0.25) is 0 Å². The fourth-order valence-electron chi connectivity index (χ4n) is 2.97. The molecule has 1 aromatic rings. The number of cyclic esters (lactones) is 1. The number of nitrogens with zero attached hydrogens (tertiary/aromatic N) is 1. The molecule has 0 aliphatic carbocycles. The van der Waals surface area contributed by atoms with Crippen molar-refractivity contribution < 1.29 is 23.9 Å². The summed E-state index contributed by atoms with van der Waals surface area (Å²) in [7, 11) is 1.33. The fraction of sp³-hybridized carbons (Fsp3) is 0.526. The Labute approximate surface area is 148 Å². The average Bonchev–Trinajstić information content (AvgIpc) is 2.95. The second-order valence-corrected chi connectivity index (χ2v) is 6.67. The van der Waals surface area contributed by atoms with Gasteiger partial charge in [0.1, 0.15) is 6.61 Å². The third-order valence-corrected chi connectivity index (χ3v) is 4.58. The Bertz CT molecular complexity index is 614. The molecule has 1 saturated heterocycles. The zero-order valence-corrected chi connectivity index (χ0v) is 14.9. The van der Waals surface area contributed by atoms with Crippen LogP contribution in [0.4, 0.5) is 4.79 Å². The van der Waals surface area contributed by atoms with Gasteiger partial charge in [-0.3, -0.25) is 9.59 Å². The highest BCUT2D eigenvalue weighted by molar-refractivity contribution is 5.93. The van der Waals surface area contributed by atoms with E-state index in [1.165, 1.54) is 12.0 Å². The SMILES string of the molecule is COC(=O)C[C@@H](CC(=O)N1C(=O)OC[C@@H]1Cc1ccccc1)C(C)C. The van der Waals surface area contributed by atoms with Crippen LogP contribution in [0.1, 0.15) is 32.3 Å². The molecular formula is C19H25NO5. The number of imide groups is 1. The number of carbonyl (C=O) groups is 3. The van der Waals surface area contributed by atoms with Crippen LogP contribution in [0.15, 0.2) is 30.3 Å². The maximum absolute atomic E-state index is 12.7. The van der Waals surface area contributed by atoms with Crippen molar-refractivity contribution in [3.05, 3.63) is 35.9 Å². The van der Waals surface area contributed by atoms with E-state index < -0.39 is 6.09 Å². The van der Waals surface area contributed by atoms with E-state index in [0.717, 1.165) is 5.56 Å². The number of rotatable bonds is 7. The molecule has 6 heteroatoms. The summed E-state index contributed by atoms with van der Waals surface area (Å²) < 4.78 is 9.79. The predicted octanol–water partition coefficient (Wildman–Crippen LogP) is 2.80. The molecule has 1 heterocycles. The van der Waals surface area contributed by atoms with Gasteiger partial charge in [0.2, 0.25) is 5.91 Å². The van der Waals surface area contributed by atoms with Crippen molar-refractivity contribution in [1.82, 2.24) is 4.90 Å². The second kappa shape index (κ2) is 8.65. The van der Waals surface area contributed by atoms with E-state index in [-0.39, 0.29) is 49.2 Å². The lowest BCUT2D eigenvalue weighted by molar-refractivity contribution is -0.142. The molecule has 1 fully saturated rings. The molecule has 0 radical (unpaired) electrons. The number of hydrogen-bond donors (Lipinski definition) is 0. The monoisotopic (exact) mass is 347 g/mol. The second-order valence-electron chi connectivity index (χ2n) is 6.67. The number of ether oxygens (including phenoxy) is 2. The minimum atomic E-state index is -0.605. The zero-order valence-electron chi connectivity index (χ0n) is 14.9. The largest absolute Gasteiger partial charge is 0.469 e. The molecule has 1 aliphatic rings. The highest BCUT2D eigenvalue weighted by Gasteiger charge is 2.39. The Morgan fingerprint density at radius 1 is 1.24 bits per heavy atom. The third kappa shape index (κ3) is 5.05. The van der Waals surface area contributed by atoms with Crippen molar-refractivity contribution in [1.29, 1.82) is 0 Å². The maximum Gasteiger partial charge on any atom is 0.416 e. The van der Waals surface area contributed by atoms with E-state index in [1.54, 1.807) is 0 Å². The zero-order chi connectivity index (χ0) is 18.4. The van der Waals surface area contributed by atoms with Crippen LogP contribution in [0.5, 0.6) is 0 Å². The van der Waals surface area contributed by atoms with Crippen molar-refractivity contribution in [2.24, 2.45) is 11.8 Å². The third-order valence-electron chi connectivity index (χ3n) is 4.58. The summed E-state index contributed by atoms with van der Waals surface area (Å²) in [5, 5.41) is 0. The van der Waals surface area contributed by atoms with Gasteiger partial charge in [0.15, 0.2) is 0 Å². The van der Waals surface area contributed by atoms with E-state index in [2.05, 4.69) is 0 Å². The van der Waals surface area contributed by atoms with Crippen molar-refractivity contribution in [3.8, 4) is 0 Å². The lowest BCUT2D eigenvalue weighted by atomic mass is 9.88. The smallest absolute Gasteiger partial charge is 0.416 e. The van der Waals surface area contributed by atoms with Crippen LogP contribution < -0.4 is 0 Å². The Morgan fingerprint density at radius 2 is 1.92 bits per heavy atom. The predicted molar refractivity (Wildman–Crippen MR) is 91.7 cm³/mol. The molecule has 0 saturated carbocycles. The Kier molecular flexibility index (Phi) is 6.56. The highest BCUT2D eigenvalue weighted by Crippen LogP contribution is 2.25. The van der Waals surface area contributed by atoms with Crippen LogP contribution in [0, 0.1) is 11.8 Å². The van der Waals surface area contributed by atoms with Gasteiger partial charge in [0.25, 0.3) is 0 Å². The molecule has 2 rings (SSSR count). The summed E-state index contributed by atoms with van der Waals surface area (Å²) in [5.41, 5.74) is 1.04. The highest BCUT2D eigenvalue weighted by atomic mass is 16.6. The van der Waals surface area contributed by atoms with Gasteiger partial charge in [0.05, 0.1) is 13.2 Å². The number of amides is 2. The fourth-order valence-corrected chi connectivity index (χ4v) is 2.97. The molecule has 2 amide bonds. The van der Waals surface area contributed by atoms with Crippen molar-refractivity contribution >= 4 is 18.0 Å². The maximum atomic E-state index is 12.7. The first-order valence-corrected chi connectivity index (χ1v) is 8.52. The molecule has 0 spiro atoms. The van der Waals surface area contributed by atoms with Crippen molar-refractivity contribution in [2.75, 3.05) is 13.7 Å². The molecule has 2 atom stereocenters. The van der Waals surface area contributed by atoms with Crippen LogP contribution in [0.3, 0.4) is 0 Å². The minimum Gasteiger partial charge on any atom is -0.469 e. The normalized spacial score (nSPS) is 18.2. The number of benzene rings is 1. The molecule has 1 aromatic carbocycles. The molecule has 0 unspecified atom stereocenters. The van der Waals surface area contributed by atoms with E-state index in [1.807, 2.05) is 44.2 Å². The van der Waals surface area contributed by atoms with Crippen molar-refractivity contribution in [2.45, 2.75) is 39.2 Å². The van der Waals surface area contributed by atoms with Crippen LogP contribution in [0.25, 0.3) is 0 Å². The van der Waals surface area contributed by atoms with E-state index in [9.17, 15) is 14.4 Å². The first kappa shape index (κ1) is 19.0. The first-order valence-electron chi connectivity index (χ1n) is 8.52. The van der Waals surface area contributed by atoms with Gasteiger partial charge >= 0.3 is 12.1 Å². The van der Waals surface area contributed by atoms with Gasteiger partial charge in [-0.2, -0.15) is 0 Å². The Hall–Kier alpha value is -2.37. The van der Waals surface area contributed by atoms with Gasteiger partial charge < -0.3 is 9.47 Å². The quantitative estimate of drug-likeness (QED) is 0.709. The summed E-state index contributed by atoms with van der Waals surface area (Å²) in [6, 6.07) is 9.37. The van der Waals surface area contributed by atoms with Crippen molar-refractivity contribution in [3.63, 3.8) is 0 Å². The lowest BCUT2D eigenvalue weighted by Gasteiger charge is -2.24. The molecular weight excluding hydrogens is 322 g/mol. The van der Waals surface area contributed by atoms with E-state index in [0.29, 0.717) is 6.42 Å². The number of esters is 1. The minimum absolute atomic E-state index is 0.118. The van der Waals surface area contributed by atoms with Gasteiger partial charge in [-0.15, -0.1) is 0 Å². The topological polar surface area (TPSA) is 72.9 Å². The standard InChI is InChI=1S/C19H25NO5/c1-13(2)15(11-18(22)24-3)10-17(21)20-16(12-25-19(20)23)9-14-7-5-4-6-8-14/h4-8,13,15-16H,9-12H2,1-3H3/t15-,16+/m1/s1. The molecule has 136 valence electrons. The molecule has 25 heavy (non-hydrogen) atoms. The molecule has 0 bridgehead atoms. The molecule has 6 nitrogen and oxygen atoms in total. The van der Waals surface area contributed by atoms with Gasteiger partial charge in [-0.05, 0) is 23.8 Å². The van der Waals surface area contributed by atoms with Gasteiger partial charge in [0, 0.05) is 12.8 Å². The Balaban J connectivity index is 2.06. The number of hydrogen-bond acceptors (Lipinski definition) is 5.